The molecule has 2 rings (SSSR count). The predicted octanol–water partition coefficient (Wildman–Crippen LogP) is 1.18. The van der Waals surface area contributed by atoms with Crippen molar-refractivity contribution in [2.75, 3.05) is 32.9 Å². The van der Waals surface area contributed by atoms with Crippen molar-refractivity contribution < 1.29 is 14.6 Å². The molecule has 0 aromatic carbocycles. The fraction of sp³-hybridized carbons (Fsp3) is 0.692. The van der Waals surface area contributed by atoms with Gasteiger partial charge in [-0.15, -0.1) is 11.3 Å². The molecule has 1 atom stereocenters. The van der Waals surface area contributed by atoms with E-state index in [-0.39, 0.29) is 18.4 Å². The summed E-state index contributed by atoms with van der Waals surface area (Å²) >= 11 is 1.54. The van der Waals surface area contributed by atoms with E-state index in [1.807, 2.05) is 5.38 Å². The molecule has 1 fully saturated rings. The number of aromatic nitrogens is 1. The zero-order valence-electron chi connectivity index (χ0n) is 11.2. The minimum Gasteiger partial charge on any atom is -0.396 e. The average molecular weight is 284 g/mol. The van der Waals surface area contributed by atoms with Crippen molar-refractivity contribution in [1.29, 1.82) is 0 Å². The Morgan fingerprint density at radius 2 is 2.53 bits per heavy atom. The van der Waals surface area contributed by atoms with Crippen LogP contribution in [0.5, 0.6) is 0 Å². The smallest absolute Gasteiger partial charge is 0.273 e. The zero-order chi connectivity index (χ0) is 13.7. The van der Waals surface area contributed by atoms with Gasteiger partial charge in [0.15, 0.2) is 0 Å². The Bertz CT molecular complexity index is 422. The summed E-state index contributed by atoms with van der Waals surface area (Å²) in [5.41, 5.74) is 0.520. The highest BCUT2D eigenvalue weighted by molar-refractivity contribution is 7.09. The van der Waals surface area contributed by atoms with Crippen LogP contribution >= 0.6 is 11.3 Å². The van der Waals surface area contributed by atoms with Crippen LogP contribution in [0.3, 0.4) is 0 Å². The average Bonchev–Trinajstić information content (AvgIpc) is 2.75. The maximum Gasteiger partial charge on any atom is 0.273 e. The predicted molar refractivity (Wildman–Crippen MR) is 73.4 cm³/mol. The maximum absolute atomic E-state index is 12.4. The van der Waals surface area contributed by atoms with E-state index < -0.39 is 0 Å². The first kappa shape index (κ1) is 14.4. The van der Waals surface area contributed by atoms with Gasteiger partial charge in [-0.1, -0.05) is 6.92 Å². The lowest BCUT2D eigenvalue weighted by atomic mass is 10.1. The van der Waals surface area contributed by atoms with Crippen molar-refractivity contribution in [2.24, 2.45) is 5.92 Å². The molecule has 2 heterocycles. The van der Waals surface area contributed by atoms with Gasteiger partial charge in [-0.2, -0.15) is 0 Å². The molecule has 106 valence electrons. The normalized spacial score (nSPS) is 20.3. The zero-order valence-corrected chi connectivity index (χ0v) is 12.0. The Balaban J connectivity index is 2.04. The number of aliphatic hydroxyl groups is 1. The number of rotatable bonds is 4. The van der Waals surface area contributed by atoms with Crippen LogP contribution in [-0.2, 0) is 11.2 Å². The molecule has 0 unspecified atom stereocenters. The molecule has 19 heavy (non-hydrogen) atoms. The molecule has 0 aliphatic carbocycles. The highest BCUT2D eigenvalue weighted by Gasteiger charge is 2.24. The lowest BCUT2D eigenvalue weighted by Crippen LogP contribution is -2.37. The summed E-state index contributed by atoms with van der Waals surface area (Å²) < 4.78 is 5.39. The van der Waals surface area contributed by atoms with Crippen LogP contribution in [0.15, 0.2) is 5.38 Å². The molecular formula is C13H20N2O3S. The summed E-state index contributed by atoms with van der Waals surface area (Å²) in [7, 11) is 0. The first-order valence-electron chi connectivity index (χ1n) is 6.66. The Labute approximate surface area is 117 Å². The topological polar surface area (TPSA) is 62.7 Å². The molecule has 5 nitrogen and oxygen atoms in total. The SMILES string of the molecule is CCCc1nc(C(=O)N2CCOC[C@H](CO)C2)cs1. The van der Waals surface area contributed by atoms with Gasteiger partial charge < -0.3 is 14.7 Å². The monoisotopic (exact) mass is 284 g/mol. The van der Waals surface area contributed by atoms with Crippen LogP contribution in [0.4, 0.5) is 0 Å². The molecule has 6 heteroatoms. The molecule has 1 aliphatic heterocycles. The van der Waals surface area contributed by atoms with Gasteiger partial charge in [0.1, 0.15) is 5.69 Å². The highest BCUT2D eigenvalue weighted by atomic mass is 32.1. The molecule has 1 aliphatic rings. The molecule has 0 radical (unpaired) electrons. The van der Waals surface area contributed by atoms with E-state index in [0.717, 1.165) is 17.8 Å². The second-order valence-electron chi connectivity index (χ2n) is 4.75. The maximum atomic E-state index is 12.4. The summed E-state index contributed by atoms with van der Waals surface area (Å²) in [6.45, 7) is 4.28. The lowest BCUT2D eigenvalue weighted by molar-refractivity contribution is 0.0723. The quantitative estimate of drug-likeness (QED) is 0.901. The van der Waals surface area contributed by atoms with Gasteiger partial charge in [0.25, 0.3) is 5.91 Å². The van der Waals surface area contributed by atoms with Gasteiger partial charge in [-0.05, 0) is 12.8 Å². The number of carbonyl (C=O) groups excluding carboxylic acids is 1. The van der Waals surface area contributed by atoms with Crippen molar-refractivity contribution in [3.63, 3.8) is 0 Å². The van der Waals surface area contributed by atoms with E-state index in [1.54, 1.807) is 4.90 Å². The third-order valence-corrected chi connectivity index (χ3v) is 4.03. The number of carbonyl (C=O) groups is 1. The van der Waals surface area contributed by atoms with E-state index in [9.17, 15) is 9.90 Å². The van der Waals surface area contributed by atoms with Gasteiger partial charge in [-0.3, -0.25) is 4.79 Å². The van der Waals surface area contributed by atoms with Crippen molar-refractivity contribution in [3.05, 3.63) is 16.1 Å². The highest BCUT2D eigenvalue weighted by Crippen LogP contribution is 2.15. The van der Waals surface area contributed by atoms with Gasteiger partial charge >= 0.3 is 0 Å². The molecule has 1 aromatic rings. The fourth-order valence-electron chi connectivity index (χ4n) is 2.08. The van der Waals surface area contributed by atoms with Crippen LogP contribution < -0.4 is 0 Å². The number of nitrogens with zero attached hydrogens (tertiary/aromatic N) is 2. The number of hydrogen-bond acceptors (Lipinski definition) is 5. The summed E-state index contributed by atoms with van der Waals surface area (Å²) in [4.78, 5) is 18.5. The number of aryl methyl sites for hydroxylation is 1. The third-order valence-electron chi connectivity index (χ3n) is 3.12. The largest absolute Gasteiger partial charge is 0.396 e. The number of aliphatic hydroxyl groups excluding tert-OH is 1. The molecule has 1 aromatic heterocycles. The van der Waals surface area contributed by atoms with E-state index >= 15 is 0 Å². The Kier molecular flexibility index (Phi) is 5.30. The molecule has 0 saturated carbocycles. The van der Waals surface area contributed by atoms with E-state index in [4.69, 9.17) is 4.74 Å². The lowest BCUT2D eigenvalue weighted by Gasteiger charge is -2.21. The van der Waals surface area contributed by atoms with Crippen LogP contribution in [-0.4, -0.2) is 53.8 Å². The van der Waals surface area contributed by atoms with E-state index in [2.05, 4.69) is 11.9 Å². The van der Waals surface area contributed by atoms with E-state index in [1.165, 1.54) is 11.3 Å². The Morgan fingerprint density at radius 1 is 1.68 bits per heavy atom. The van der Waals surface area contributed by atoms with Crippen molar-refractivity contribution in [3.8, 4) is 0 Å². The third kappa shape index (κ3) is 3.75. The van der Waals surface area contributed by atoms with Gasteiger partial charge in [0, 0.05) is 31.0 Å². The van der Waals surface area contributed by atoms with Gasteiger partial charge in [0.2, 0.25) is 0 Å². The molecule has 1 amide bonds. The minimum absolute atomic E-state index is 0.000183. The van der Waals surface area contributed by atoms with Gasteiger partial charge in [-0.25, -0.2) is 4.98 Å². The number of hydrogen-bond donors (Lipinski definition) is 1. The van der Waals surface area contributed by atoms with Crippen LogP contribution in [0.1, 0.15) is 28.8 Å². The second kappa shape index (κ2) is 6.98. The number of thiazole rings is 1. The summed E-state index contributed by atoms with van der Waals surface area (Å²) in [5.74, 6) is -0.0530. The Hall–Kier alpha value is -0.980. The fourth-order valence-corrected chi connectivity index (χ4v) is 2.95. The second-order valence-corrected chi connectivity index (χ2v) is 5.69. The number of ether oxygens (including phenoxy) is 1. The summed E-state index contributed by atoms with van der Waals surface area (Å²) in [6.07, 6.45) is 1.95. The summed E-state index contributed by atoms with van der Waals surface area (Å²) in [6, 6.07) is 0. The molecular weight excluding hydrogens is 264 g/mol. The van der Waals surface area contributed by atoms with Gasteiger partial charge in [0.05, 0.1) is 18.2 Å². The van der Waals surface area contributed by atoms with Crippen molar-refractivity contribution in [1.82, 2.24) is 9.88 Å². The van der Waals surface area contributed by atoms with Crippen molar-refractivity contribution in [2.45, 2.75) is 19.8 Å². The van der Waals surface area contributed by atoms with E-state index in [0.29, 0.717) is 32.0 Å². The molecule has 1 saturated heterocycles. The summed E-state index contributed by atoms with van der Waals surface area (Å²) in [5, 5.41) is 12.1. The van der Waals surface area contributed by atoms with Crippen molar-refractivity contribution >= 4 is 17.2 Å². The molecule has 0 bridgehead atoms. The first-order chi connectivity index (χ1) is 9.24. The molecule has 1 N–H and O–H groups in total. The Morgan fingerprint density at radius 3 is 3.26 bits per heavy atom. The standard InChI is InChI=1S/C13H20N2O3S/c1-2-3-12-14-11(9-19-12)13(17)15-4-5-18-8-10(6-15)7-16/h9-10,16H,2-8H2,1H3/t10-/m0/s1. The number of amides is 1. The molecule has 0 spiro atoms. The minimum atomic E-state index is -0.0532. The van der Waals surface area contributed by atoms with Crippen LogP contribution in [0.25, 0.3) is 0 Å². The van der Waals surface area contributed by atoms with Crippen LogP contribution in [0, 0.1) is 5.92 Å². The first-order valence-corrected chi connectivity index (χ1v) is 7.54. The van der Waals surface area contributed by atoms with Crippen LogP contribution in [0.2, 0.25) is 0 Å².